The predicted molar refractivity (Wildman–Crippen MR) is 96.6 cm³/mol. The van der Waals surface area contributed by atoms with Gasteiger partial charge in [0.1, 0.15) is 5.69 Å². The summed E-state index contributed by atoms with van der Waals surface area (Å²) in [4.78, 5) is 29.1. The van der Waals surface area contributed by atoms with Crippen molar-refractivity contribution in [1.82, 2.24) is 9.88 Å². The molecule has 0 saturated carbocycles. The quantitative estimate of drug-likeness (QED) is 0.561. The molecule has 2 amide bonds. The minimum atomic E-state index is -0.346. The van der Waals surface area contributed by atoms with Gasteiger partial charge < -0.3 is 11.1 Å². The number of guanidine groups is 1. The van der Waals surface area contributed by atoms with Gasteiger partial charge in [0.05, 0.1) is 5.02 Å². The molecule has 0 atom stereocenters. The molecule has 1 aromatic heterocycles. The molecule has 4 N–H and O–H groups in total. The van der Waals surface area contributed by atoms with Crippen molar-refractivity contribution >= 4 is 35.1 Å². The fourth-order valence-electron chi connectivity index (χ4n) is 2.06. The average Bonchev–Trinajstić information content (AvgIpc) is 2.59. The van der Waals surface area contributed by atoms with E-state index in [1.54, 1.807) is 24.3 Å². The summed E-state index contributed by atoms with van der Waals surface area (Å²) in [5, 5.41) is 10.5. The molecule has 7 nitrogen and oxygen atoms in total. The first kappa shape index (κ1) is 18.4. The van der Waals surface area contributed by atoms with Gasteiger partial charge in [-0.25, -0.2) is 4.98 Å². The van der Waals surface area contributed by atoms with Crippen molar-refractivity contribution in [2.45, 2.75) is 12.8 Å². The number of aryl methyl sites for hydroxylation is 1. The minimum Gasteiger partial charge on any atom is -0.370 e. The maximum Gasteiger partial charge on any atom is 0.274 e. The molecule has 0 radical (unpaired) electrons. The second-order valence-electron chi connectivity index (χ2n) is 5.35. The second-order valence-corrected chi connectivity index (χ2v) is 5.79. The normalized spacial score (nSPS) is 10.2. The molecule has 1 heterocycles. The number of carbonyl (C=O) groups excluding carboxylic acids is 2. The topological polar surface area (TPSA) is 112 Å². The van der Waals surface area contributed by atoms with Crippen LogP contribution in [0.15, 0.2) is 42.6 Å². The van der Waals surface area contributed by atoms with Gasteiger partial charge in [0, 0.05) is 25.4 Å². The number of carbonyl (C=O) groups is 2. The molecule has 2 aromatic rings. The molecule has 0 bridgehead atoms. The lowest BCUT2D eigenvalue weighted by molar-refractivity contribution is -0.126. The lowest BCUT2D eigenvalue weighted by atomic mass is 10.1. The van der Waals surface area contributed by atoms with Crippen molar-refractivity contribution in [2.75, 3.05) is 12.4 Å². The van der Waals surface area contributed by atoms with Crippen molar-refractivity contribution in [1.29, 1.82) is 5.41 Å². The van der Waals surface area contributed by atoms with Gasteiger partial charge >= 0.3 is 0 Å². The Morgan fingerprint density at radius 3 is 2.72 bits per heavy atom. The molecule has 0 saturated heterocycles. The first-order valence-corrected chi connectivity index (χ1v) is 7.87. The second kappa shape index (κ2) is 8.25. The lowest BCUT2D eigenvalue weighted by Gasteiger charge is -2.14. The number of rotatable bonds is 5. The van der Waals surface area contributed by atoms with Gasteiger partial charge in [-0.1, -0.05) is 23.7 Å². The van der Waals surface area contributed by atoms with Crippen LogP contribution in [0.2, 0.25) is 5.02 Å². The first-order chi connectivity index (χ1) is 11.9. The molecular formula is C17H18ClN5O2. The highest BCUT2D eigenvalue weighted by Crippen LogP contribution is 2.14. The molecule has 8 heteroatoms. The van der Waals surface area contributed by atoms with Crippen LogP contribution in [0.5, 0.6) is 0 Å². The van der Waals surface area contributed by atoms with Crippen molar-refractivity contribution in [2.24, 2.45) is 5.73 Å². The minimum absolute atomic E-state index is 0.215. The standard InChI is InChI=1S/C17H18ClN5O2/c1-23(17(19)20)15(24)8-5-11-3-2-4-13(9-11)22-16(25)14-7-6-12(18)10-21-14/h2-4,6-7,9-10H,5,8H2,1H3,(H3,19,20)(H,22,25). The third-order valence-corrected chi connectivity index (χ3v) is 3.73. The van der Waals surface area contributed by atoms with E-state index in [0.717, 1.165) is 10.5 Å². The van der Waals surface area contributed by atoms with Crippen molar-refractivity contribution in [3.8, 4) is 0 Å². The van der Waals surface area contributed by atoms with Crippen LogP contribution < -0.4 is 11.1 Å². The van der Waals surface area contributed by atoms with E-state index in [2.05, 4.69) is 10.3 Å². The summed E-state index contributed by atoms with van der Waals surface area (Å²) in [5.74, 6) is -0.880. The summed E-state index contributed by atoms with van der Waals surface area (Å²) in [7, 11) is 1.46. The molecule has 2 rings (SSSR count). The van der Waals surface area contributed by atoms with E-state index in [9.17, 15) is 9.59 Å². The maximum atomic E-state index is 12.2. The molecule has 130 valence electrons. The SMILES string of the molecule is CN(C(=N)N)C(=O)CCc1cccc(NC(=O)c2ccc(Cl)cn2)c1. The highest BCUT2D eigenvalue weighted by atomic mass is 35.5. The van der Waals surface area contributed by atoms with Gasteiger partial charge in [-0.2, -0.15) is 0 Å². The molecule has 0 aliphatic carbocycles. The highest BCUT2D eigenvalue weighted by molar-refractivity contribution is 6.30. The zero-order valence-electron chi connectivity index (χ0n) is 13.6. The van der Waals surface area contributed by atoms with Gasteiger partial charge in [-0.3, -0.25) is 19.9 Å². The van der Waals surface area contributed by atoms with Gasteiger partial charge in [-0.15, -0.1) is 0 Å². The molecule has 0 fully saturated rings. The molecule has 1 aromatic carbocycles. The number of nitrogens with one attached hydrogen (secondary N) is 2. The van der Waals surface area contributed by atoms with Crippen LogP contribution in [0.25, 0.3) is 0 Å². The van der Waals surface area contributed by atoms with Crippen LogP contribution in [-0.4, -0.2) is 34.7 Å². The van der Waals surface area contributed by atoms with Crippen molar-refractivity contribution in [3.05, 3.63) is 58.9 Å². The summed E-state index contributed by atoms with van der Waals surface area (Å²) in [6.45, 7) is 0. The average molecular weight is 360 g/mol. The number of aromatic nitrogens is 1. The molecule has 0 unspecified atom stereocenters. The number of hydrogen-bond donors (Lipinski definition) is 3. The van der Waals surface area contributed by atoms with E-state index in [1.165, 1.54) is 19.3 Å². The zero-order chi connectivity index (χ0) is 18.4. The number of amides is 2. The molecular weight excluding hydrogens is 342 g/mol. The number of nitrogens with zero attached hydrogens (tertiary/aromatic N) is 2. The summed E-state index contributed by atoms with van der Waals surface area (Å²) >= 11 is 5.75. The Hall–Kier alpha value is -2.93. The smallest absolute Gasteiger partial charge is 0.274 e. The molecule has 0 aliphatic heterocycles. The Balaban J connectivity index is 1.99. The van der Waals surface area contributed by atoms with Crippen LogP contribution in [0.4, 0.5) is 5.69 Å². The third kappa shape index (κ3) is 5.29. The summed E-state index contributed by atoms with van der Waals surface area (Å²) in [6, 6.07) is 10.3. The molecule has 0 aliphatic rings. The van der Waals surface area contributed by atoms with Crippen molar-refractivity contribution < 1.29 is 9.59 Å². The Labute approximate surface area is 150 Å². The molecule has 0 spiro atoms. The Kier molecular flexibility index (Phi) is 6.08. The van der Waals surface area contributed by atoms with Crippen LogP contribution in [0, 0.1) is 5.41 Å². The Morgan fingerprint density at radius 1 is 1.32 bits per heavy atom. The molecule has 25 heavy (non-hydrogen) atoms. The number of benzene rings is 1. The predicted octanol–water partition coefficient (Wildman–Crippen LogP) is 2.27. The first-order valence-electron chi connectivity index (χ1n) is 7.49. The third-order valence-electron chi connectivity index (χ3n) is 3.51. The van der Waals surface area contributed by atoms with E-state index in [1.807, 2.05) is 6.07 Å². The maximum absolute atomic E-state index is 12.2. The van der Waals surface area contributed by atoms with E-state index in [-0.39, 0.29) is 29.9 Å². The van der Waals surface area contributed by atoms with E-state index in [4.69, 9.17) is 22.7 Å². The number of hydrogen-bond acceptors (Lipinski definition) is 4. The largest absolute Gasteiger partial charge is 0.370 e. The van der Waals surface area contributed by atoms with Gasteiger partial charge in [-0.05, 0) is 36.2 Å². The Bertz CT molecular complexity index is 792. The van der Waals surface area contributed by atoms with E-state index in [0.29, 0.717) is 17.1 Å². The van der Waals surface area contributed by atoms with Crippen LogP contribution in [0.3, 0.4) is 0 Å². The van der Waals surface area contributed by atoms with Crippen LogP contribution in [-0.2, 0) is 11.2 Å². The van der Waals surface area contributed by atoms with E-state index < -0.39 is 0 Å². The number of anilines is 1. The fourth-order valence-corrected chi connectivity index (χ4v) is 2.17. The van der Waals surface area contributed by atoms with Crippen LogP contribution >= 0.6 is 11.6 Å². The van der Waals surface area contributed by atoms with Gasteiger partial charge in [0.25, 0.3) is 5.91 Å². The monoisotopic (exact) mass is 359 g/mol. The van der Waals surface area contributed by atoms with Crippen LogP contribution in [0.1, 0.15) is 22.5 Å². The van der Waals surface area contributed by atoms with Crippen molar-refractivity contribution in [3.63, 3.8) is 0 Å². The lowest BCUT2D eigenvalue weighted by Crippen LogP contribution is -2.38. The van der Waals surface area contributed by atoms with Gasteiger partial charge in [0.15, 0.2) is 5.96 Å². The highest BCUT2D eigenvalue weighted by Gasteiger charge is 2.12. The number of nitrogens with two attached hydrogens (primary N) is 1. The zero-order valence-corrected chi connectivity index (χ0v) is 14.4. The fraction of sp³-hybridized carbons (Fsp3) is 0.176. The summed E-state index contributed by atoms with van der Waals surface area (Å²) in [6.07, 6.45) is 2.09. The Morgan fingerprint density at radius 2 is 2.08 bits per heavy atom. The summed E-state index contributed by atoms with van der Waals surface area (Å²) < 4.78 is 0. The number of halogens is 1. The number of pyridine rings is 1. The van der Waals surface area contributed by atoms with Gasteiger partial charge in [0.2, 0.25) is 5.91 Å². The summed E-state index contributed by atoms with van der Waals surface area (Å²) in [5.41, 5.74) is 7.02. The van der Waals surface area contributed by atoms with E-state index >= 15 is 0 Å².